The van der Waals surface area contributed by atoms with Gasteiger partial charge >= 0.3 is 0 Å². The van der Waals surface area contributed by atoms with Crippen molar-refractivity contribution in [3.8, 4) is 0 Å². The molecule has 0 spiro atoms. The molecule has 0 aromatic carbocycles. The molecule has 1 rings (SSSR count). The van der Waals surface area contributed by atoms with E-state index in [1.165, 1.54) is 0 Å². The van der Waals surface area contributed by atoms with E-state index < -0.39 is 46.9 Å². The van der Waals surface area contributed by atoms with Gasteiger partial charge in [-0.05, 0) is 6.07 Å². The van der Waals surface area contributed by atoms with Gasteiger partial charge in [0.1, 0.15) is 10.7 Å². The Morgan fingerprint density at radius 3 is 2.56 bits per heavy atom. The maximum Gasteiger partial charge on any atom is 0.252 e. The number of nitrogens with zero attached hydrogens (tertiary/aromatic N) is 2. The van der Waals surface area contributed by atoms with Gasteiger partial charge < -0.3 is 5.11 Å². The van der Waals surface area contributed by atoms with Crippen LogP contribution in [-0.2, 0) is 10.0 Å². The monoisotopic (exact) mass is 284 g/mol. The maximum absolute atomic E-state index is 12.9. The van der Waals surface area contributed by atoms with Gasteiger partial charge in [0.2, 0.25) is 10.0 Å². The highest BCUT2D eigenvalue weighted by Crippen LogP contribution is 2.16. The number of sulfonamides is 1. The Kier molecular flexibility index (Phi) is 5.05. The molecule has 0 aliphatic heterocycles. The molecular weight excluding hydrogens is 273 g/mol. The minimum Gasteiger partial charge on any atom is -0.395 e. The van der Waals surface area contributed by atoms with Crippen LogP contribution in [0.25, 0.3) is 0 Å². The second-order valence-electron chi connectivity index (χ2n) is 3.32. The molecule has 102 valence electrons. The van der Waals surface area contributed by atoms with Crippen molar-refractivity contribution in [1.29, 1.82) is 0 Å². The SMILES string of the molecule is O=S(=O)(c1cncc(F)c1)N(CCO)CC(F)F. The molecule has 0 aliphatic carbocycles. The minimum absolute atomic E-state index is 0.383. The first-order chi connectivity index (χ1) is 8.37. The average molecular weight is 284 g/mol. The summed E-state index contributed by atoms with van der Waals surface area (Å²) in [6.07, 6.45) is -1.25. The molecular formula is C9H11F3N2O3S. The molecule has 0 saturated heterocycles. The number of aliphatic hydroxyl groups excluding tert-OH is 1. The van der Waals surface area contributed by atoms with Crippen LogP contribution in [0.5, 0.6) is 0 Å². The van der Waals surface area contributed by atoms with E-state index >= 15 is 0 Å². The Morgan fingerprint density at radius 1 is 1.39 bits per heavy atom. The predicted octanol–water partition coefficient (Wildman–Crippen LogP) is 0.469. The van der Waals surface area contributed by atoms with Crippen molar-refractivity contribution < 1.29 is 26.7 Å². The summed E-state index contributed by atoms with van der Waals surface area (Å²) in [6.45, 7) is -2.18. The van der Waals surface area contributed by atoms with Gasteiger partial charge in [-0.2, -0.15) is 4.31 Å². The number of hydrogen-bond acceptors (Lipinski definition) is 4. The Bertz CT molecular complexity index is 496. The van der Waals surface area contributed by atoms with Crippen LogP contribution in [-0.4, -0.2) is 48.9 Å². The third-order valence-electron chi connectivity index (χ3n) is 2.01. The van der Waals surface area contributed by atoms with Crippen LogP contribution in [0.2, 0.25) is 0 Å². The van der Waals surface area contributed by atoms with Crippen molar-refractivity contribution in [2.45, 2.75) is 11.3 Å². The van der Waals surface area contributed by atoms with Crippen molar-refractivity contribution >= 4 is 10.0 Å². The minimum atomic E-state index is -4.29. The first-order valence-electron chi connectivity index (χ1n) is 4.87. The zero-order chi connectivity index (χ0) is 13.8. The number of aromatic nitrogens is 1. The van der Waals surface area contributed by atoms with Crippen LogP contribution in [0.4, 0.5) is 13.2 Å². The number of rotatable bonds is 6. The summed E-state index contributed by atoms with van der Waals surface area (Å²) < 4.78 is 61.5. The standard InChI is InChI=1S/C9H11F3N2O3S/c10-7-3-8(5-13-4-7)18(16,17)14(1-2-15)6-9(11)12/h3-5,9,15H,1-2,6H2. The van der Waals surface area contributed by atoms with Crippen LogP contribution in [0, 0.1) is 5.82 Å². The van der Waals surface area contributed by atoms with E-state index in [1.54, 1.807) is 0 Å². The molecule has 0 aliphatic rings. The average Bonchev–Trinajstić information content (AvgIpc) is 2.28. The van der Waals surface area contributed by atoms with Gasteiger partial charge in [-0.25, -0.2) is 21.6 Å². The molecule has 1 heterocycles. The van der Waals surface area contributed by atoms with Crippen molar-refractivity contribution in [1.82, 2.24) is 9.29 Å². The summed E-state index contributed by atoms with van der Waals surface area (Å²) in [7, 11) is -4.29. The van der Waals surface area contributed by atoms with Crippen LogP contribution in [0.3, 0.4) is 0 Å². The van der Waals surface area contributed by atoms with Gasteiger partial charge in [0.05, 0.1) is 19.3 Å². The molecule has 9 heteroatoms. The van der Waals surface area contributed by atoms with E-state index in [0.717, 1.165) is 12.4 Å². The molecule has 0 radical (unpaired) electrons. The van der Waals surface area contributed by atoms with Crippen LogP contribution in [0.15, 0.2) is 23.4 Å². The summed E-state index contributed by atoms with van der Waals surface area (Å²) >= 11 is 0. The first kappa shape index (κ1) is 14.9. The lowest BCUT2D eigenvalue weighted by Crippen LogP contribution is -2.37. The van der Waals surface area contributed by atoms with E-state index in [0.29, 0.717) is 10.4 Å². The molecule has 5 nitrogen and oxygen atoms in total. The number of pyridine rings is 1. The molecule has 0 bridgehead atoms. The first-order valence-corrected chi connectivity index (χ1v) is 6.31. The van der Waals surface area contributed by atoms with Gasteiger partial charge in [0, 0.05) is 12.7 Å². The van der Waals surface area contributed by atoms with Crippen LogP contribution in [0.1, 0.15) is 0 Å². The highest BCUT2D eigenvalue weighted by atomic mass is 32.2. The number of hydrogen-bond donors (Lipinski definition) is 1. The quantitative estimate of drug-likeness (QED) is 0.824. The Hall–Kier alpha value is -1.19. The predicted molar refractivity (Wildman–Crippen MR) is 56.0 cm³/mol. The van der Waals surface area contributed by atoms with E-state index in [4.69, 9.17) is 5.11 Å². The fourth-order valence-corrected chi connectivity index (χ4v) is 2.64. The van der Waals surface area contributed by atoms with Gasteiger partial charge in [0.15, 0.2) is 0 Å². The van der Waals surface area contributed by atoms with Gasteiger partial charge in [-0.15, -0.1) is 0 Å². The molecule has 1 aromatic rings. The highest BCUT2D eigenvalue weighted by Gasteiger charge is 2.27. The number of aliphatic hydroxyl groups is 1. The molecule has 0 atom stereocenters. The zero-order valence-electron chi connectivity index (χ0n) is 9.13. The normalized spacial score (nSPS) is 12.3. The fourth-order valence-electron chi connectivity index (χ4n) is 1.26. The van der Waals surface area contributed by atoms with E-state index in [-0.39, 0.29) is 0 Å². The van der Waals surface area contributed by atoms with E-state index in [2.05, 4.69) is 4.98 Å². The number of halogens is 3. The van der Waals surface area contributed by atoms with Gasteiger partial charge in [-0.1, -0.05) is 0 Å². The molecule has 1 aromatic heterocycles. The Labute approximate surface area is 102 Å². The third kappa shape index (κ3) is 3.65. The molecule has 0 unspecified atom stereocenters. The lowest BCUT2D eigenvalue weighted by molar-refractivity contribution is 0.113. The van der Waals surface area contributed by atoms with E-state index in [9.17, 15) is 21.6 Å². The maximum atomic E-state index is 12.9. The smallest absolute Gasteiger partial charge is 0.252 e. The Morgan fingerprint density at radius 2 is 2.06 bits per heavy atom. The van der Waals surface area contributed by atoms with Gasteiger partial charge in [0.25, 0.3) is 6.43 Å². The molecule has 0 saturated carbocycles. The summed E-state index contributed by atoms with van der Waals surface area (Å²) in [5.74, 6) is -0.892. The number of alkyl halides is 2. The molecule has 18 heavy (non-hydrogen) atoms. The summed E-state index contributed by atoms with van der Waals surface area (Å²) in [4.78, 5) is 2.81. The van der Waals surface area contributed by atoms with Crippen molar-refractivity contribution in [2.24, 2.45) is 0 Å². The topological polar surface area (TPSA) is 70.5 Å². The lowest BCUT2D eigenvalue weighted by atomic mass is 10.5. The fraction of sp³-hybridized carbons (Fsp3) is 0.444. The Balaban J connectivity index is 3.08. The summed E-state index contributed by atoms with van der Waals surface area (Å²) in [5.41, 5.74) is 0. The largest absolute Gasteiger partial charge is 0.395 e. The highest BCUT2D eigenvalue weighted by molar-refractivity contribution is 7.89. The summed E-state index contributed by atoms with van der Waals surface area (Å²) in [5, 5.41) is 8.67. The van der Waals surface area contributed by atoms with E-state index in [1.807, 2.05) is 0 Å². The van der Waals surface area contributed by atoms with Crippen molar-refractivity contribution in [3.05, 3.63) is 24.3 Å². The van der Waals surface area contributed by atoms with Crippen LogP contribution >= 0.6 is 0 Å². The van der Waals surface area contributed by atoms with Crippen molar-refractivity contribution in [3.63, 3.8) is 0 Å². The lowest BCUT2D eigenvalue weighted by Gasteiger charge is -2.20. The second kappa shape index (κ2) is 6.12. The molecule has 0 fully saturated rings. The second-order valence-corrected chi connectivity index (χ2v) is 5.25. The van der Waals surface area contributed by atoms with Crippen LogP contribution < -0.4 is 0 Å². The molecule has 1 N–H and O–H groups in total. The zero-order valence-corrected chi connectivity index (χ0v) is 9.95. The third-order valence-corrected chi connectivity index (χ3v) is 3.84. The van der Waals surface area contributed by atoms with Gasteiger partial charge in [-0.3, -0.25) is 4.98 Å². The molecule has 0 amide bonds. The summed E-state index contributed by atoms with van der Waals surface area (Å²) in [6, 6.07) is 0.679. The van der Waals surface area contributed by atoms with Crippen molar-refractivity contribution in [2.75, 3.05) is 19.7 Å².